The van der Waals surface area contributed by atoms with E-state index in [0.717, 1.165) is 18.6 Å². The monoisotopic (exact) mass is 272 g/mol. The van der Waals surface area contributed by atoms with Crippen LogP contribution in [0.25, 0.3) is 0 Å². The molecular formula is C15H16N2O3. The molecule has 1 aliphatic heterocycles. The van der Waals surface area contributed by atoms with Gasteiger partial charge in [-0.05, 0) is 6.42 Å². The van der Waals surface area contributed by atoms with E-state index in [2.05, 4.69) is 10.1 Å². The SMILES string of the molecule is O=C(CCc1nc([C@@H]2CCOC2)no1)c1ccccc1. The van der Waals surface area contributed by atoms with Gasteiger partial charge in [0.2, 0.25) is 5.89 Å². The Labute approximate surface area is 116 Å². The Morgan fingerprint density at radius 1 is 1.30 bits per heavy atom. The number of carbonyl (C=O) groups is 1. The van der Waals surface area contributed by atoms with Crippen LogP contribution >= 0.6 is 0 Å². The second kappa shape index (κ2) is 5.96. The molecule has 1 fully saturated rings. The summed E-state index contributed by atoms with van der Waals surface area (Å²) in [6.07, 6.45) is 1.79. The van der Waals surface area contributed by atoms with Crippen LogP contribution in [0.4, 0.5) is 0 Å². The third-order valence-electron chi connectivity index (χ3n) is 3.44. The summed E-state index contributed by atoms with van der Waals surface area (Å²) in [7, 11) is 0. The van der Waals surface area contributed by atoms with E-state index in [9.17, 15) is 4.79 Å². The molecule has 1 aliphatic rings. The number of Topliss-reactive ketones (excluding diaryl/α,β-unsaturated/α-hetero) is 1. The predicted molar refractivity (Wildman–Crippen MR) is 71.6 cm³/mol. The van der Waals surface area contributed by atoms with E-state index in [1.807, 2.05) is 30.3 Å². The molecule has 2 heterocycles. The number of hydrogen-bond acceptors (Lipinski definition) is 5. The molecule has 2 aromatic rings. The number of ketones is 1. The number of benzene rings is 1. The van der Waals surface area contributed by atoms with Crippen molar-refractivity contribution in [2.75, 3.05) is 13.2 Å². The first-order chi connectivity index (χ1) is 9.83. The molecule has 0 aliphatic carbocycles. The first-order valence-corrected chi connectivity index (χ1v) is 6.81. The summed E-state index contributed by atoms with van der Waals surface area (Å²) in [5.74, 6) is 1.55. The average molecular weight is 272 g/mol. The van der Waals surface area contributed by atoms with Crippen molar-refractivity contribution in [1.29, 1.82) is 0 Å². The van der Waals surface area contributed by atoms with Crippen LogP contribution in [0.15, 0.2) is 34.9 Å². The van der Waals surface area contributed by atoms with E-state index in [1.54, 1.807) is 0 Å². The maximum atomic E-state index is 12.0. The highest BCUT2D eigenvalue weighted by Gasteiger charge is 2.23. The van der Waals surface area contributed by atoms with Crippen molar-refractivity contribution in [1.82, 2.24) is 10.1 Å². The van der Waals surface area contributed by atoms with Gasteiger partial charge in [-0.3, -0.25) is 4.79 Å². The minimum Gasteiger partial charge on any atom is -0.381 e. The number of hydrogen-bond donors (Lipinski definition) is 0. The van der Waals surface area contributed by atoms with Gasteiger partial charge in [-0.2, -0.15) is 4.98 Å². The van der Waals surface area contributed by atoms with Crippen LogP contribution in [0.5, 0.6) is 0 Å². The molecular weight excluding hydrogens is 256 g/mol. The van der Waals surface area contributed by atoms with Crippen LogP contribution in [0.1, 0.15) is 40.8 Å². The Bertz CT molecular complexity index is 574. The molecule has 0 spiro atoms. The van der Waals surface area contributed by atoms with Crippen molar-refractivity contribution in [3.05, 3.63) is 47.6 Å². The van der Waals surface area contributed by atoms with Crippen molar-refractivity contribution >= 4 is 5.78 Å². The second-order valence-corrected chi connectivity index (χ2v) is 4.90. The highest BCUT2D eigenvalue weighted by molar-refractivity contribution is 5.96. The molecule has 5 heteroatoms. The predicted octanol–water partition coefficient (Wildman–Crippen LogP) is 2.39. The molecule has 0 unspecified atom stereocenters. The van der Waals surface area contributed by atoms with Gasteiger partial charge in [-0.1, -0.05) is 35.5 Å². The summed E-state index contributed by atoms with van der Waals surface area (Å²) in [4.78, 5) is 16.3. The highest BCUT2D eigenvalue weighted by Crippen LogP contribution is 2.22. The maximum absolute atomic E-state index is 12.0. The zero-order chi connectivity index (χ0) is 13.8. The molecule has 1 aromatic heterocycles. The van der Waals surface area contributed by atoms with E-state index < -0.39 is 0 Å². The summed E-state index contributed by atoms with van der Waals surface area (Å²) < 4.78 is 10.5. The van der Waals surface area contributed by atoms with Crippen LogP contribution in [-0.2, 0) is 11.2 Å². The van der Waals surface area contributed by atoms with Crippen LogP contribution in [0.3, 0.4) is 0 Å². The molecule has 0 N–H and O–H groups in total. The number of aryl methyl sites for hydroxylation is 1. The average Bonchev–Trinajstić information content (AvgIpc) is 3.16. The lowest BCUT2D eigenvalue weighted by Crippen LogP contribution is -2.02. The third-order valence-corrected chi connectivity index (χ3v) is 3.44. The summed E-state index contributed by atoms with van der Waals surface area (Å²) in [6.45, 7) is 1.41. The summed E-state index contributed by atoms with van der Waals surface area (Å²) >= 11 is 0. The van der Waals surface area contributed by atoms with Crippen LogP contribution < -0.4 is 0 Å². The fourth-order valence-corrected chi connectivity index (χ4v) is 2.26. The zero-order valence-corrected chi connectivity index (χ0v) is 11.1. The van der Waals surface area contributed by atoms with Gasteiger partial charge in [0, 0.05) is 30.9 Å². The Kier molecular flexibility index (Phi) is 3.87. The quantitative estimate of drug-likeness (QED) is 0.782. The molecule has 0 amide bonds. The first-order valence-electron chi connectivity index (χ1n) is 6.81. The fourth-order valence-electron chi connectivity index (χ4n) is 2.26. The lowest BCUT2D eigenvalue weighted by molar-refractivity contribution is 0.0979. The Morgan fingerprint density at radius 2 is 2.15 bits per heavy atom. The molecule has 0 radical (unpaired) electrons. The normalized spacial score (nSPS) is 18.3. The van der Waals surface area contributed by atoms with Gasteiger partial charge in [0.25, 0.3) is 0 Å². The topological polar surface area (TPSA) is 65.2 Å². The van der Waals surface area contributed by atoms with Gasteiger partial charge >= 0.3 is 0 Å². The first kappa shape index (κ1) is 13.0. The molecule has 1 aromatic carbocycles. The van der Waals surface area contributed by atoms with Crippen LogP contribution in [0, 0.1) is 0 Å². The van der Waals surface area contributed by atoms with Crippen molar-refractivity contribution in [2.24, 2.45) is 0 Å². The molecule has 0 bridgehead atoms. The van der Waals surface area contributed by atoms with Gasteiger partial charge in [-0.15, -0.1) is 0 Å². The lowest BCUT2D eigenvalue weighted by Gasteiger charge is -1.98. The number of aromatic nitrogens is 2. The highest BCUT2D eigenvalue weighted by atomic mass is 16.5. The largest absolute Gasteiger partial charge is 0.381 e. The van der Waals surface area contributed by atoms with E-state index in [-0.39, 0.29) is 11.7 Å². The lowest BCUT2D eigenvalue weighted by atomic mass is 10.1. The van der Waals surface area contributed by atoms with Gasteiger partial charge in [0.1, 0.15) is 0 Å². The molecule has 1 saturated heterocycles. The van der Waals surface area contributed by atoms with Gasteiger partial charge < -0.3 is 9.26 Å². The van der Waals surface area contributed by atoms with Crippen molar-refractivity contribution in [2.45, 2.75) is 25.2 Å². The van der Waals surface area contributed by atoms with E-state index >= 15 is 0 Å². The smallest absolute Gasteiger partial charge is 0.227 e. The standard InChI is InChI=1S/C15H16N2O3/c18-13(11-4-2-1-3-5-11)6-7-14-16-15(17-20-14)12-8-9-19-10-12/h1-5,12H,6-10H2/t12-/m1/s1. The minimum atomic E-state index is 0.0922. The maximum Gasteiger partial charge on any atom is 0.227 e. The van der Waals surface area contributed by atoms with Gasteiger partial charge in [0.05, 0.1) is 6.61 Å². The van der Waals surface area contributed by atoms with Gasteiger partial charge in [0.15, 0.2) is 11.6 Å². The Morgan fingerprint density at radius 3 is 2.90 bits per heavy atom. The van der Waals surface area contributed by atoms with E-state index in [0.29, 0.717) is 31.2 Å². The van der Waals surface area contributed by atoms with Gasteiger partial charge in [-0.25, -0.2) is 0 Å². The van der Waals surface area contributed by atoms with Crippen molar-refractivity contribution in [3.63, 3.8) is 0 Å². The molecule has 104 valence electrons. The number of carbonyl (C=O) groups excluding carboxylic acids is 1. The Hall–Kier alpha value is -2.01. The van der Waals surface area contributed by atoms with Crippen molar-refractivity contribution < 1.29 is 14.1 Å². The number of nitrogens with zero attached hydrogens (tertiary/aromatic N) is 2. The molecule has 20 heavy (non-hydrogen) atoms. The second-order valence-electron chi connectivity index (χ2n) is 4.90. The molecule has 0 saturated carbocycles. The summed E-state index contributed by atoms with van der Waals surface area (Å²) in [5, 5.41) is 3.97. The van der Waals surface area contributed by atoms with Crippen molar-refractivity contribution in [3.8, 4) is 0 Å². The van der Waals surface area contributed by atoms with E-state index in [4.69, 9.17) is 9.26 Å². The summed E-state index contributed by atoms with van der Waals surface area (Å²) in [5.41, 5.74) is 0.719. The zero-order valence-electron chi connectivity index (χ0n) is 11.1. The number of rotatable bonds is 5. The van der Waals surface area contributed by atoms with Crippen LogP contribution in [0.2, 0.25) is 0 Å². The molecule has 5 nitrogen and oxygen atoms in total. The van der Waals surface area contributed by atoms with E-state index in [1.165, 1.54) is 0 Å². The Balaban J connectivity index is 1.57. The molecule has 1 atom stereocenters. The number of ether oxygens (including phenoxy) is 1. The third kappa shape index (κ3) is 2.93. The van der Waals surface area contributed by atoms with Crippen LogP contribution in [-0.4, -0.2) is 29.1 Å². The minimum absolute atomic E-state index is 0.0922. The summed E-state index contributed by atoms with van der Waals surface area (Å²) in [6, 6.07) is 9.25. The molecule has 3 rings (SSSR count). The fraction of sp³-hybridized carbons (Fsp3) is 0.400.